The minimum atomic E-state index is -1.11. The number of Topliss-reactive ketones (excluding diaryl/α,β-unsaturated/α-hetero) is 1. The van der Waals surface area contributed by atoms with Crippen LogP contribution in [0.25, 0.3) is 0 Å². The first-order valence-electron chi connectivity index (χ1n) is 8.16. The summed E-state index contributed by atoms with van der Waals surface area (Å²) in [6, 6.07) is 7.14. The highest BCUT2D eigenvalue weighted by molar-refractivity contribution is 7.99. The molecule has 0 saturated carbocycles. The molecule has 0 bridgehead atoms. The third-order valence-electron chi connectivity index (χ3n) is 4.01. The standard InChI is InChI=1S/C19H23NO4S/c1-11(2)10-20-18(24)14(9-15(21)22)16(19(20)25-4)17(23)13-7-5-6-12(3)8-13/h5-8,11,19H,9-10H2,1-4H3,(H,21,22). The number of carbonyl (C=O) groups excluding carboxylic acids is 2. The zero-order chi connectivity index (χ0) is 18.7. The Morgan fingerprint density at radius 1 is 1.32 bits per heavy atom. The summed E-state index contributed by atoms with van der Waals surface area (Å²) in [5.74, 6) is -1.49. The van der Waals surface area contributed by atoms with Gasteiger partial charge in [-0.1, -0.05) is 37.6 Å². The van der Waals surface area contributed by atoms with Gasteiger partial charge in [-0.05, 0) is 25.2 Å². The van der Waals surface area contributed by atoms with Gasteiger partial charge in [-0.2, -0.15) is 0 Å². The average molecular weight is 361 g/mol. The summed E-state index contributed by atoms with van der Waals surface area (Å²) >= 11 is 1.39. The van der Waals surface area contributed by atoms with Gasteiger partial charge >= 0.3 is 5.97 Å². The van der Waals surface area contributed by atoms with Gasteiger partial charge in [0.25, 0.3) is 5.91 Å². The minimum Gasteiger partial charge on any atom is -0.481 e. The van der Waals surface area contributed by atoms with Gasteiger partial charge in [-0.15, -0.1) is 11.8 Å². The highest BCUT2D eigenvalue weighted by Crippen LogP contribution is 2.36. The average Bonchev–Trinajstić information content (AvgIpc) is 2.78. The summed E-state index contributed by atoms with van der Waals surface area (Å²) in [6.07, 6.45) is 1.40. The number of carboxylic acid groups (broad SMARTS) is 1. The second-order valence-electron chi connectivity index (χ2n) is 6.60. The van der Waals surface area contributed by atoms with Crippen molar-refractivity contribution in [3.63, 3.8) is 0 Å². The lowest BCUT2D eigenvalue weighted by Crippen LogP contribution is -2.37. The molecule has 1 atom stereocenters. The fourth-order valence-electron chi connectivity index (χ4n) is 3.03. The number of carboxylic acids is 1. The first-order valence-corrected chi connectivity index (χ1v) is 9.45. The van der Waals surface area contributed by atoms with E-state index in [0.29, 0.717) is 17.7 Å². The highest BCUT2D eigenvalue weighted by atomic mass is 32.2. The van der Waals surface area contributed by atoms with Crippen LogP contribution in [-0.2, 0) is 9.59 Å². The van der Waals surface area contributed by atoms with Crippen LogP contribution in [0, 0.1) is 12.8 Å². The van der Waals surface area contributed by atoms with E-state index < -0.39 is 17.8 Å². The van der Waals surface area contributed by atoms with Crippen molar-refractivity contribution in [1.82, 2.24) is 4.90 Å². The van der Waals surface area contributed by atoms with E-state index in [4.69, 9.17) is 0 Å². The molecule has 0 saturated heterocycles. The number of rotatable bonds is 7. The topological polar surface area (TPSA) is 74.7 Å². The predicted octanol–water partition coefficient (Wildman–Crippen LogP) is 3.14. The van der Waals surface area contributed by atoms with E-state index in [1.54, 1.807) is 23.1 Å². The maximum absolute atomic E-state index is 13.1. The van der Waals surface area contributed by atoms with Crippen LogP contribution in [0.15, 0.2) is 35.4 Å². The largest absolute Gasteiger partial charge is 0.481 e. The van der Waals surface area contributed by atoms with Crippen LogP contribution >= 0.6 is 11.8 Å². The number of nitrogens with zero attached hydrogens (tertiary/aromatic N) is 1. The van der Waals surface area contributed by atoms with Crippen LogP contribution in [0.4, 0.5) is 0 Å². The molecule has 0 aliphatic carbocycles. The molecule has 1 N–H and O–H groups in total. The van der Waals surface area contributed by atoms with Gasteiger partial charge in [0.1, 0.15) is 5.37 Å². The van der Waals surface area contributed by atoms with Gasteiger partial charge in [-0.25, -0.2) is 0 Å². The van der Waals surface area contributed by atoms with Gasteiger partial charge in [0.15, 0.2) is 5.78 Å². The van der Waals surface area contributed by atoms with Crippen molar-refractivity contribution in [1.29, 1.82) is 0 Å². The number of benzene rings is 1. The number of amides is 1. The van der Waals surface area contributed by atoms with Crippen LogP contribution in [-0.4, -0.2) is 45.8 Å². The van der Waals surface area contributed by atoms with Crippen molar-refractivity contribution in [3.05, 3.63) is 46.5 Å². The zero-order valence-corrected chi connectivity index (χ0v) is 15.7. The summed E-state index contributed by atoms with van der Waals surface area (Å²) in [4.78, 5) is 38.8. The second-order valence-corrected chi connectivity index (χ2v) is 7.52. The van der Waals surface area contributed by atoms with E-state index in [1.165, 1.54) is 11.8 Å². The molecule has 1 amide bonds. The number of hydrogen-bond acceptors (Lipinski definition) is 4. The van der Waals surface area contributed by atoms with Crippen molar-refractivity contribution in [2.45, 2.75) is 32.6 Å². The normalized spacial score (nSPS) is 17.6. The molecule has 0 spiro atoms. The fraction of sp³-hybridized carbons (Fsp3) is 0.421. The van der Waals surface area contributed by atoms with E-state index in [-0.39, 0.29) is 23.2 Å². The third-order valence-corrected chi connectivity index (χ3v) is 4.95. The van der Waals surface area contributed by atoms with Crippen LogP contribution < -0.4 is 0 Å². The molecule has 2 rings (SSSR count). The second kappa shape index (κ2) is 7.87. The Labute approximate surface area is 152 Å². The molecule has 0 fully saturated rings. The summed E-state index contributed by atoms with van der Waals surface area (Å²) in [5.41, 5.74) is 1.84. The van der Waals surface area contributed by atoms with Crippen LogP contribution in [0.5, 0.6) is 0 Å². The monoisotopic (exact) mass is 361 g/mol. The quantitative estimate of drug-likeness (QED) is 0.755. The number of hydrogen-bond donors (Lipinski definition) is 1. The van der Waals surface area contributed by atoms with E-state index in [2.05, 4.69) is 0 Å². The molecule has 0 aromatic heterocycles. The highest BCUT2D eigenvalue weighted by Gasteiger charge is 2.42. The third kappa shape index (κ3) is 4.12. The SMILES string of the molecule is CSC1C(C(=O)c2cccc(C)c2)=C(CC(=O)O)C(=O)N1CC(C)C. The van der Waals surface area contributed by atoms with Crippen LogP contribution in [0.3, 0.4) is 0 Å². The Morgan fingerprint density at radius 2 is 2.00 bits per heavy atom. The van der Waals surface area contributed by atoms with Crippen molar-refractivity contribution in [2.24, 2.45) is 5.92 Å². The smallest absolute Gasteiger partial charge is 0.308 e. The lowest BCUT2D eigenvalue weighted by molar-refractivity contribution is -0.137. The molecule has 1 heterocycles. The lowest BCUT2D eigenvalue weighted by Gasteiger charge is -2.27. The molecular formula is C19H23NO4S. The van der Waals surface area contributed by atoms with E-state index in [0.717, 1.165) is 5.56 Å². The molecule has 1 aromatic rings. The van der Waals surface area contributed by atoms with Gasteiger partial charge in [0, 0.05) is 23.3 Å². The Bertz CT molecular complexity index is 739. The predicted molar refractivity (Wildman–Crippen MR) is 98.6 cm³/mol. The molecule has 5 nitrogen and oxygen atoms in total. The lowest BCUT2D eigenvalue weighted by atomic mass is 9.97. The van der Waals surface area contributed by atoms with Gasteiger partial charge in [0.2, 0.25) is 0 Å². The van der Waals surface area contributed by atoms with Gasteiger partial charge in [0.05, 0.1) is 6.42 Å². The van der Waals surface area contributed by atoms with Gasteiger partial charge < -0.3 is 10.0 Å². The van der Waals surface area contributed by atoms with Crippen molar-refractivity contribution < 1.29 is 19.5 Å². The fourth-order valence-corrected chi connectivity index (χ4v) is 3.95. The molecular weight excluding hydrogens is 338 g/mol. The van der Waals surface area contributed by atoms with E-state index >= 15 is 0 Å². The maximum atomic E-state index is 13.1. The summed E-state index contributed by atoms with van der Waals surface area (Å²) in [7, 11) is 0. The van der Waals surface area contributed by atoms with Crippen molar-refractivity contribution >= 4 is 29.4 Å². The molecule has 0 radical (unpaired) electrons. The van der Waals surface area contributed by atoms with Crippen molar-refractivity contribution in [2.75, 3.05) is 12.8 Å². The van der Waals surface area contributed by atoms with Crippen LogP contribution in [0.1, 0.15) is 36.2 Å². The number of aliphatic carboxylic acids is 1. The van der Waals surface area contributed by atoms with Crippen LogP contribution in [0.2, 0.25) is 0 Å². The Kier molecular flexibility index (Phi) is 6.06. The summed E-state index contributed by atoms with van der Waals surface area (Å²) in [6.45, 7) is 6.35. The van der Waals surface area contributed by atoms with Crippen molar-refractivity contribution in [3.8, 4) is 0 Å². The first kappa shape index (κ1) is 19.2. The molecule has 25 heavy (non-hydrogen) atoms. The molecule has 6 heteroatoms. The number of ketones is 1. The number of thioether (sulfide) groups is 1. The Hall–Kier alpha value is -2.08. The van der Waals surface area contributed by atoms with Gasteiger partial charge in [-0.3, -0.25) is 14.4 Å². The van der Waals surface area contributed by atoms with E-state index in [9.17, 15) is 19.5 Å². The first-order chi connectivity index (χ1) is 11.8. The summed E-state index contributed by atoms with van der Waals surface area (Å²) in [5, 5.41) is 8.76. The Balaban J connectivity index is 2.53. The van der Waals surface area contributed by atoms with E-state index in [1.807, 2.05) is 33.1 Å². The summed E-state index contributed by atoms with van der Waals surface area (Å²) < 4.78 is 0. The minimum absolute atomic E-state index is 0.110. The maximum Gasteiger partial charge on any atom is 0.308 e. The number of aryl methyl sites for hydroxylation is 1. The molecule has 134 valence electrons. The molecule has 1 aliphatic rings. The molecule has 1 unspecified atom stereocenters. The molecule has 1 aliphatic heterocycles. The zero-order valence-electron chi connectivity index (χ0n) is 14.9. The number of carbonyl (C=O) groups is 3. The molecule has 1 aromatic carbocycles. The Morgan fingerprint density at radius 3 is 2.52 bits per heavy atom.